The smallest absolute Gasteiger partial charge is 0.308 e. The molecule has 0 rings (SSSR count). The first-order valence-corrected chi connectivity index (χ1v) is 6.62. The van der Waals surface area contributed by atoms with Gasteiger partial charge in [0.1, 0.15) is 4.83 Å². The molecule has 0 saturated heterocycles. The average Bonchev–Trinajstić information content (AvgIpc) is 2.11. The molecule has 17 heavy (non-hydrogen) atoms. The zero-order chi connectivity index (χ0) is 13.6. The van der Waals surface area contributed by atoms with Crippen LogP contribution in [0.5, 0.6) is 0 Å². The molecule has 1 atom stereocenters. The Labute approximate surface area is 110 Å². The first-order valence-electron chi connectivity index (χ1n) is 5.70. The lowest BCUT2D eigenvalue weighted by Gasteiger charge is -2.28. The summed E-state index contributed by atoms with van der Waals surface area (Å²) in [4.78, 5) is 2.39. The number of alkyl halides is 4. The van der Waals surface area contributed by atoms with Crippen molar-refractivity contribution in [2.45, 2.75) is 24.9 Å². The van der Waals surface area contributed by atoms with Crippen LogP contribution in [0.2, 0.25) is 0 Å². The summed E-state index contributed by atoms with van der Waals surface area (Å²) in [6.07, 6.45) is -4.17. The van der Waals surface area contributed by atoms with E-state index >= 15 is 0 Å². The summed E-state index contributed by atoms with van der Waals surface area (Å²) in [5.41, 5.74) is 0. The second kappa shape index (κ2) is 7.59. The van der Waals surface area contributed by atoms with Crippen molar-refractivity contribution in [3.05, 3.63) is 0 Å². The molecule has 0 heterocycles. The van der Waals surface area contributed by atoms with Crippen LogP contribution in [0.3, 0.4) is 0 Å². The summed E-state index contributed by atoms with van der Waals surface area (Å²) >= 11 is 2.72. The minimum atomic E-state index is -4.17. The summed E-state index contributed by atoms with van der Waals surface area (Å²) < 4.78 is 37.4. The third-order valence-electron chi connectivity index (χ3n) is 2.26. The fourth-order valence-corrected chi connectivity index (χ4v) is 1.85. The summed E-state index contributed by atoms with van der Waals surface area (Å²) in [5, 5.41) is 0. The molecule has 6 heteroatoms. The van der Waals surface area contributed by atoms with E-state index < -0.39 is 11.0 Å². The lowest BCUT2D eigenvalue weighted by molar-refractivity contribution is -0.130. The van der Waals surface area contributed by atoms with Crippen LogP contribution in [0.25, 0.3) is 0 Å². The molecule has 0 aromatic rings. The molecule has 1 unspecified atom stereocenters. The van der Waals surface area contributed by atoms with Crippen LogP contribution >= 0.6 is 15.9 Å². The monoisotopic (exact) mass is 318 g/mol. The van der Waals surface area contributed by atoms with Crippen molar-refractivity contribution in [3.63, 3.8) is 0 Å². The number of halogens is 4. The topological polar surface area (TPSA) is 6.48 Å². The normalized spacial score (nSPS) is 15.0. The van der Waals surface area contributed by atoms with Gasteiger partial charge in [0.05, 0.1) is 0 Å². The van der Waals surface area contributed by atoms with Crippen LogP contribution in [0.4, 0.5) is 13.2 Å². The Balaban J connectivity index is 4.27. The second-order valence-electron chi connectivity index (χ2n) is 4.97. The fraction of sp³-hybridized carbons (Fsp3) is 1.00. The van der Waals surface area contributed by atoms with Gasteiger partial charge in [-0.2, -0.15) is 13.2 Å². The molecule has 0 aliphatic carbocycles. The van der Waals surface area contributed by atoms with Crippen LogP contribution in [-0.2, 0) is 0 Å². The van der Waals surface area contributed by atoms with Crippen molar-refractivity contribution in [1.29, 1.82) is 0 Å². The lowest BCUT2D eigenvalue weighted by atomic mass is 10.2. The quantitative estimate of drug-likeness (QED) is 0.666. The summed E-state index contributed by atoms with van der Waals surface area (Å²) in [6.45, 7) is 6.15. The molecular formula is C11H22BrF3N2. The van der Waals surface area contributed by atoms with Crippen molar-refractivity contribution >= 4 is 15.9 Å². The Morgan fingerprint density at radius 1 is 1.06 bits per heavy atom. The van der Waals surface area contributed by atoms with E-state index in [0.29, 0.717) is 19.0 Å². The molecular weight excluding hydrogens is 297 g/mol. The van der Waals surface area contributed by atoms with E-state index in [9.17, 15) is 13.2 Å². The SMILES string of the molecule is CC(C)CN(CCN(C)C)CC(Br)C(F)(F)F. The van der Waals surface area contributed by atoms with Crippen LogP contribution in [-0.4, -0.2) is 61.1 Å². The first-order chi connectivity index (χ1) is 7.62. The molecule has 104 valence electrons. The Morgan fingerprint density at radius 3 is 1.94 bits per heavy atom. The fourth-order valence-electron chi connectivity index (χ4n) is 1.45. The predicted molar refractivity (Wildman–Crippen MR) is 68.6 cm³/mol. The number of hydrogen-bond donors (Lipinski definition) is 0. The molecule has 0 saturated carbocycles. The van der Waals surface area contributed by atoms with E-state index in [1.807, 2.05) is 37.7 Å². The van der Waals surface area contributed by atoms with E-state index in [1.54, 1.807) is 0 Å². The van der Waals surface area contributed by atoms with Crippen molar-refractivity contribution < 1.29 is 13.2 Å². The standard InChI is InChI=1S/C11H22BrF3N2/c1-9(2)7-17(6-5-16(3)4)8-10(12)11(13,14)15/h9-10H,5-8H2,1-4H3. The zero-order valence-electron chi connectivity index (χ0n) is 10.9. The number of hydrogen-bond acceptors (Lipinski definition) is 2. The Morgan fingerprint density at radius 2 is 1.59 bits per heavy atom. The summed E-state index contributed by atoms with van der Waals surface area (Å²) in [7, 11) is 3.84. The van der Waals surface area contributed by atoms with E-state index in [1.165, 1.54) is 0 Å². The molecule has 0 radical (unpaired) electrons. The van der Waals surface area contributed by atoms with E-state index in [4.69, 9.17) is 0 Å². The summed E-state index contributed by atoms with van der Waals surface area (Å²) in [5.74, 6) is 0.366. The molecule has 2 nitrogen and oxygen atoms in total. The van der Waals surface area contributed by atoms with Gasteiger partial charge in [0.2, 0.25) is 0 Å². The van der Waals surface area contributed by atoms with Gasteiger partial charge < -0.3 is 9.80 Å². The van der Waals surface area contributed by atoms with Crippen molar-refractivity contribution in [1.82, 2.24) is 9.80 Å². The molecule has 0 aromatic heterocycles. The van der Waals surface area contributed by atoms with Gasteiger partial charge in [-0.15, -0.1) is 0 Å². The number of nitrogens with zero attached hydrogens (tertiary/aromatic N) is 2. The van der Waals surface area contributed by atoms with Crippen molar-refractivity contribution in [2.24, 2.45) is 5.92 Å². The van der Waals surface area contributed by atoms with Gasteiger partial charge >= 0.3 is 6.18 Å². The van der Waals surface area contributed by atoms with Crippen LogP contribution in [0.1, 0.15) is 13.8 Å². The van der Waals surface area contributed by atoms with Crippen molar-refractivity contribution in [2.75, 3.05) is 40.3 Å². The lowest BCUT2D eigenvalue weighted by Crippen LogP contribution is -2.42. The molecule has 0 aliphatic heterocycles. The van der Waals surface area contributed by atoms with Crippen molar-refractivity contribution in [3.8, 4) is 0 Å². The highest BCUT2D eigenvalue weighted by Gasteiger charge is 2.38. The van der Waals surface area contributed by atoms with E-state index in [0.717, 1.165) is 6.54 Å². The third kappa shape index (κ3) is 8.85. The Kier molecular flexibility index (Phi) is 7.67. The van der Waals surface area contributed by atoms with Gasteiger partial charge in [0.25, 0.3) is 0 Å². The van der Waals surface area contributed by atoms with Gasteiger partial charge in [0.15, 0.2) is 0 Å². The predicted octanol–water partition coefficient (Wildman–Crippen LogP) is 2.83. The van der Waals surface area contributed by atoms with Gasteiger partial charge in [-0.1, -0.05) is 29.8 Å². The molecule has 0 amide bonds. The first kappa shape index (κ1) is 17.2. The number of likely N-dealkylation sites (N-methyl/N-ethyl adjacent to an activating group) is 1. The highest BCUT2D eigenvalue weighted by atomic mass is 79.9. The summed E-state index contributed by atoms with van der Waals surface area (Å²) in [6, 6.07) is 0. The zero-order valence-corrected chi connectivity index (χ0v) is 12.5. The molecule has 0 aliphatic rings. The average molecular weight is 319 g/mol. The van der Waals surface area contributed by atoms with Crippen LogP contribution in [0, 0.1) is 5.92 Å². The van der Waals surface area contributed by atoms with Crippen LogP contribution in [0.15, 0.2) is 0 Å². The molecule has 0 N–H and O–H groups in total. The Bertz CT molecular complexity index is 207. The minimum Gasteiger partial charge on any atom is -0.308 e. The van der Waals surface area contributed by atoms with Gasteiger partial charge in [0, 0.05) is 26.2 Å². The molecule has 0 bridgehead atoms. The maximum Gasteiger partial charge on any atom is 0.402 e. The molecule has 0 spiro atoms. The van der Waals surface area contributed by atoms with E-state index in [2.05, 4.69) is 15.9 Å². The highest BCUT2D eigenvalue weighted by molar-refractivity contribution is 9.09. The Hall–Kier alpha value is 0.190. The van der Waals surface area contributed by atoms with E-state index in [-0.39, 0.29) is 6.54 Å². The van der Waals surface area contributed by atoms with Gasteiger partial charge in [-0.05, 0) is 20.0 Å². The largest absolute Gasteiger partial charge is 0.402 e. The van der Waals surface area contributed by atoms with Gasteiger partial charge in [-0.25, -0.2) is 0 Å². The maximum absolute atomic E-state index is 12.5. The second-order valence-corrected chi connectivity index (χ2v) is 6.07. The minimum absolute atomic E-state index is 0.00944. The van der Waals surface area contributed by atoms with Crippen LogP contribution < -0.4 is 0 Å². The number of rotatable bonds is 7. The molecule has 0 fully saturated rings. The molecule has 0 aromatic carbocycles. The third-order valence-corrected chi connectivity index (χ3v) is 3.07. The highest BCUT2D eigenvalue weighted by Crippen LogP contribution is 2.27. The maximum atomic E-state index is 12.5. The van der Waals surface area contributed by atoms with Gasteiger partial charge in [-0.3, -0.25) is 0 Å².